The first-order valence-corrected chi connectivity index (χ1v) is 10.6. The molecule has 2 aliphatic heterocycles. The Balaban J connectivity index is 1.88. The second kappa shape index (κ2) is 8.50. The van der Waals surface area contributed by atoms with Gasteiger partial charge in [-0.05, 0) is 54.2 Å². The Hall–Kier alpha value is -2.82. The number of unbranched alkanes of at least 4 members (excludes halogenated alkanes) is 1. The van der Waals surface area contributed by atoms with Crippen molar-refractivity contribution in [2.24, 2.45) is 0 Å². The molecule has 2 aromatic rings. The SMILES string of the molecule is CCC/C=C1/c2c(ccc(OC)c2OC)CC2c3cc(OC)c(OC)cc3CCN12. The zero-order chi connectivity index (χ0) is 21.3. The lowest BCUT2D eigenvalue weighted by atomic mass is 9.81. The van der Waals surface area contributed by atoms with Gasteiger partial charge in [0.15, 0.2) is 23.0 Å². The highest BCUT2D eigenvalue weighted by molar-refractivity contribution is 5.77. The van der Waals surface area contributed by atoms with E-state index in [9.17, 15) is 0 Å². The monoisotopic (exact) mass is 409 g/mol. The van der Waals surface area contributed by atoms with Crippen LogP contribution in [-0.4, -0.2) is 39.9 Å². The Kier molecular flexibility index (Phi) is 5.80. The van der Waals surface area contributed by atoms with Crippen LogP contribution in [0.4, 0.5) is 0 Å². The minimum atomic E-state index is 0.266. The highest BCUT2D eigenvalue weighted by Crippen LogP contribution is 2.50. The van der Waals surface area contributed by atoms with Crippen molar-refractivity contribution in [1.29, 1.82) is 0 Å². The van der Waals surface area contributed by atoms with Crippen LogP contribution in [0.5, 0.6) is 23.0 Å². The maximum absolute atomic E-state index is 5.83. The molecule has 0 aromatic heterocycles. The van der Waals surface area contributed by atoms with E-state index in [0.29, 0.717) is 0 Å². The van der Waals surface area contributed by atoms with Gasteiger partial charge in [-0.15, -0.1) is 0 Å². The summed E-state index contributed by atoms with van der Waals surface area (Å²) in [6.45, 7) is 3.17. The largest absolute Gasteiger partial charge is 0.493 e. The highest BCUT2D eigenvalue weighted by Gasteiger charge is 2.37. The van der Waals surface area contributed by atoms with Gasteiger partial charge in [0.2, 0.25) is 0 Å². The molecule has 0 aliphatic carbocycles. The number of fused-ring (bicyclic) bond motifs is 4. The predicted molar refractivity (Wildman–Crippen MR) is 119 cm³/mol. The number of allylic oxidation sites excluding steroid dienone is 1. The fraction of sp³-hybridized carbons (Fsp3) is 0.440. The lowest BCUT2D eigenvalue weighted by Crippen LogP contribution is -2.38. The Morgan fingerprint density at radius 3 is 2.33 bits per heavy atom. The maximum Gasteiger partial charge on any atom is 0.170 e. The van der Waals surface area contributed by atoms with Crippen molar-refractivity contribution in [1.82, 2.24) is 4.90 Å². The topological polar surface area (TPSA) is 40.2 Å². The van der Waals surface area contributed by atoms with Crippen LogP contribution >= 0.6 is 0 Å². The first-order chi connectivity index (χ1) is 14.7. The van der Waals surface area contributed by atoms with E-state index in [4.69, 9.17) is 18.9 Å². The van der Waals surface area contributed by atoms with Crippen molar-refractivity contribution < 1.29 is 18.9 Å². The third-order valence-corrected chi connectivity index (χ3v) is 6.24. The molecule has 0 saturated heterocycles. The molecule has 2 heterocycles. The molecule has 0 fully saturated rings. The van der Waals surface area contributed by atoms with Crippen LogP contribution in [0.15, 0.2) is 30.3 Å². The molecular formula is C25H31NO4. The molecule has 2 aromatic carbocycles. The zero-order valence-electron chi connectivity index (χ0n) is 18.6. The number of rotatable bonds is 6. The molecule has 5 nitrogen and oxygen atoms in total. The molecule has 30 heavy (non-hydrogen) atoms. The van der Waals surface area contributed by atoms with Crippen LogP contribution in [-0.2, 0) is 12.8 Å². The number of ether oxygens (including phenoxy) is 4. The number of benzene rings is 2. The molecule has 5 heteroatoms. The Morgan fingerprint density at radius 1 is 0.933 bits per heavy atom. The highest BCUT2D eigenvalue weighted by atomic mass is 16.5. The van der Waals surface area contributed by atoms with Crippen molar-refractivity contribution in [3.63, 3.8) is 0 Å². The fourth-order valence-corrected chi connectivity index (χ4v) is 4.81. The molecule has 0 spiro atoms. The molecule has 0 radical (unpaired) electrons. The van der Waals surface area contributed by atoms with Crippen molar-refractivity contribution >= 4 is 5.70 Å². The normalized spacial score (nSPS) is 18.4. The van der Waals surface area contributed by atoms with E-state index in [2.05, 4.69) is 36.1 Å². The average Bonchev–Trinajstić information content (AvgIpc) is 2.79. The van der Waals surface area contributed by atoms with Crippen LogP contribution in [0.3, 0.4) is 0 Å². The van der Waals surface area contributed by atoms with Gasteiger partial charge in [-0.1, -0.05) is 25.5 Å². The zero-order valence-corrected chi connectivity index (χ0v) is 18.6. The van der Waals surface area contributed by atoms with Crippen LogP contribution in [0, 0.1) is 0 Å². The van der Waals surface area contributed by atoms with Gasteiger partial charge in [-0.3, -0.25) is 0 Å². The van der Waals surface area contributed by atoms with Crippen LogP contribution in [0.1, 0.15) is 48.1 Å². The van der Waals surface area contributed by atoms with Gasteiger partial charge in [-0.2, -0.15) is 0 Å². The number of hydrogen-bond donors (Lipinski definition) is 0. The Bertz CT molecular complexity index is 966. The molecule has 160 valence electrons. The summed E-state index contributed by atoms with van der Waals surface area (Å²) in [5, 5.41) is 0. The lowest BCUT2D eigenvalue weighted by Gasteiger charge is -2.45. The molecule has 0 saturated carbocycles. The van der Waals surface area contributed by atoms with Gasteiger partial charge in [0.1, 0.15) is 0 Å². The van der Waals surface area contributed by atoms with Gasteiger partial charge in [0.05, 0.1) is 34.5 Å². The van der Waals surface area contributed by atoms with Gasteiger partial charge < -0.3 is 23.8 Å². The summed E-state index contributed by atoms with van der Waals surface area (Å²) in [5.41, 5.74) is 6.37. The molecule has 1 atom stereocenters. The van der Waals surface area contributed by atoms with E-state index >= 15 is 0 Å². The minimum Gasteiger partial charge on any atom is -0.493 e. The van der Waals surface area contributed by atoms with Gasteiger partial charge in [0.25, 0.3) is 0 Å². The third-order valence-electron chi connectivity index (χ3n) is 6.24. The second-order valence-corrected chi connectivity index (χ2v) is 7.78. The Labute approximate surface area is 179 Å². The van der Waals surface area contributed by atoms with E-state index in [0.717, 1.165) is 55.2 Å². The molecule has 2 aliphatic rings. The van der Waals surface area contributed by atoms with E-state index in [-0.39, 0.29) is 6.04 Å². The Morgan fingerprint density at radius 2 is 1.67 bits per heavy atom. The summed E-state index contributed by atoms with van der Waals surface area (Å²) in [7, 11) is 6.82. The smallest absolute Gasteiger partial charge is 0.170 e. The lowest BCUT2D eigenvalue weighted by molar-refractivity contribution is 0.263. The third kappa shape index (κ3) is 3.26. The molecular weight excluding hydrogens is 378 g/mol. The van der Waals surface area contributed by atoms with Crippen LogP contribution < -0.4 is 18.9 Å². The fourth-order valence-electron chi connectivity index (χ4n) is 4.81. The van der Waals surface area contributed by atoms with E-state index in [1.807, 2.05) is 6.07 Å². The van der Waals surface area contributed by atoms with Crippen LogP contribution in [0.2, 0.25) is 0 Å². The van der Waals surface area contributed by atoms with Crippen molar-refractivity contribution in [3.05, 3.63) is 52.6 Å². The summed E-state index contributed by atoms with van der Waals surface area (Å²) >= 11 is 0. The van der Waals surface area contributed by atoms with Crippen molar-refractivity contribution in [3.8, 4) is 23.0 Å². The van der Waals surface area contributed by atoms with E-state index < -0.39 is 0 Å². The number of hydrogen-bond acceptors (Lipinski definition) is 5. The molecule has 4 rings (SSSR count). The quantitative estimate of drug-likeness (QED) is 0.670. The number of nitrogens with zero attached hydrogens (tertiary/aromatic N) is 1. The summed E-state index contributed by atoms with van der Waals surface area (Å²) < 4.78 is 22.6. The maximum atomic E-state index is 5.83. The molecule has 0 amide bonds. The van der Waals surface area contributed by atoms with E-state index in [1.54, 1.807) is 28.4 Å². The summed E-state index contributed by atoms with van der Waals surface area (Å²) in [5.74, 6) is 3.19. The van der Waals surface area contributed by atoms with E-state index in [1.165, 1.54) is 28.0 Å². The summed E-state index contributed by atoms with van der Waals surface area (Å²) in [6, 6.07) is 8.77. The predicted octanol–water partition coefficient (Wildman–Crippen LogP) is 5.02. The van der Waals surface area contributed by atoms with Crippen LogP contribution in [0.25, 0.3) is 5.70 Å². The van der Waals surface area contributed by atoms with Gasteiger partial charge in [-0.25, -0.2) is 0 Å². The minimum absolute atomic E-state index is 0.266. The standard InChI is InChI=1S/C25H31NO4/c1-6-7-8-19-24-17(9-10-21(27-2)25(24)30-5)13-20-18-15-23(29-4)22(28-3)14-16(18)11-12-26(19)20/h8-10,14-15,20H,6-7,11-13H2,1-5H3/b19-8-. The van der Waals surface area contributed by atoms with Gasteiger partial charge in [0, 0.05) is 17.8 Å². The van der Waals surface area contributed by atoms with Crippen molar-refractivity contribution in [2.75, 3.05) is 35.0 Å². The first kappa shape index (κ1) is 20.5. The summed E-state index contributed by atoms with van der Waals surface area (Å²) in [6.07, 6.45) is 6.37. The first-order valence-electron chi connectivity index (χ1n) is 10.6. The number of methoxy groups -OCH3 is 4. The molecule has 1 unspecified atom stereocenters. The van der Waals surface area contributed by atoms with Crippen molar-refractivity contribution in [2.45, 2.75) is 38.6 Å². The average molecular weight is 410 g/mol. The van der Waals surface area contributed by atoms with Gasteiger partial charge >= 0.3 is 0 Å². The second-order valence-electron chi connectivity index (χ2n) is 7.78. The molecule has 0 bridgehead atoms. The molecule has 0 N–H and O–H groups in total. The summed E-state index contributed by atoms with van der Waals surface area (Å²) in [4.78, 5) is 2.54.